The number of nitrogens with one attached hydrogen (secondary N) is 1. The number of piperidine rings is 1. The van der Waals surface area contributed by atoms with Gasteiger partial charge in [0.15, 0.2) is 0 Å². The molecule has 10 heteroatoms. The number of rotatable bonds is 7. The maximum atomic E-state index is 12.7. The number of benzene rings is 2. The molecule has 1 fully saturated rings. The van der Waals surface area contributed by atoms with Crippen LogP contribution >= 0.6 is 11.8 Å². The highest BCUT2D eigenvalue weighted by Crippen LogP contribution is 2.27. The first kappa shape index (κ1) is 22.5. The Hall–Kier alpha value is -2.69. The van der Waals surface area contributed by atoms with Gasteiger partial charge in [0.05, 0.1) is 10.1 Å². The number of aromatic nitrogens is 2. The largest absolute Gasteiger partial charge is 0.411 e. The highest BCUT2D eigenvalue weighted by atomic mass is 32.2. The van der Waals surface area contributed by atoms with Gasteiger partial charge in [0.1, 0.15) is 0 Å². The SMILES string of the molecule is CC(Sc1nnc(-c2ccccc2)o1)C(=O)Nc1ccc(S(=O)(=O)N2CCCCC2)cc1. The van der Waals surface area contributed by atoms with Gasteiger partial charge in [0, 0.05) is 24.3 Å². The third-order valence-electron chi connectivity index (χ3n) is 5.15. The van der Waals surface area contributed by atoms with Crippen molar-refractivity contribution >= 4 is 33.4 Å². The molecule has 1 amide bonds. The topological polar surface area (TPSA) is 105 Å². The normalized spacial score (nSPS) is 15.9. The van der Waals surface area contributed by atoms with E-state index < -0.39 is 15.3 Å². The summed E-state index contributed by atoms with van der Waals surface area (Å²) < 4.78 is 32.7. The summed E-state index contributed by atoms with van der Waals surface area (Å²) in [7, 11) is -3.50. The van der Waals surface area contributed by atoms with Crippen LogP contribution in [-0.4, -0.2) is 47.2 Å². The van der Waals surface area contributed by atoms with E-state index in [4.69, 9.17) is 4.42 Å². The van der Waals surface area contributed by atoms with Crippen molar-refractivity contribution in [1.29, 1.82) is 0 Å². The number of amides is 1. The highest BCUT2D eigenvalue weighted by molar-refractivity contribution is 8.00. The molecule has 0 radical (unpaired) electrons. The van der Waals surface area contributed by atoms with Crippen LogP contribution in [0.2, 0.25) is 0 Å². The second kappa shape index (κ2) is 9.85. The van der Waals surface area contributed by atoms with E-state index in [0.29, 0.717) is 29.9 Å². The number of carbonyl (C=O) groups is 1. The van der Waals surface area contributed by atoms with E-state index in [1.54, 1.807) is 19.1 Å². The lowest BCUT2D eigenvalue weighted by molar-refractivity contribution is -0.115. The summed E-state index contributed by atoms with van der Waals surface area (Å²) in [4.78, 5) is 12.8. The van der Waals surface area contributed by atoms with Crippen LogP contribution in [0.4, 0.5) is 5.69 Å². The molecule has 2 heterocycles. The van der Waals surface area contributed by atoms with Crippen LogP contribution in [0, 0.1) is 0 Å². The average Bonchev–Trinajstić information content (AvgIpc) is 3.29. The van der Waals surface area contributed by atoms with Crippen LogP contribution in [0.3, 0.4) is 0 Å². The third-order valence-corrected chi connectivity index (χ3v) is 8.00. The number of nitrogens with zero attached hydrogens (tertiary/aromatic N) is 3. The monoisotopic (exact) mass is 472 g/mol. The van der Waals surface area contributed by atoms with Gasteiger partial charge in [-0.2, -0.15) is 4.31 Å². The molecule has 2 aromatic carbocycles. The van der Waals surface area contributed by atoms with Gasteiger partial charge < -0.3 is 9.73 Å². The number of sulfonamides is 1. The molecule has 0 spiro atoms. The van der Waals surface area contributed by atoms with Crippen molar-refractivity contribution in [2.45, 2.75) is 41.6 Å². The molecule has 1 aromatic heterocycles. The highest BCUT2D eigenvalue weighted by Gasteiger charge is 2.26. The number of hydrogen-bond donors (Lipinski definition) is 1. The predicted octanol–water partition coefficient (Wildman–Crippen LogP) is 4.03. The van der Waals surface area contributed by atoms with E-state index in [1.807, 2.05) is 30.3 Å². The molecule has 1 aliphatic rings. The van der Waals surface area contributed by atoms with Crippen LogP contribution in [0.5, 0.6) is 0 Å². The molecule has 1 atom stereocenters. The molecule has 0 bridgehead atoms. The van der Waals surface area contributed by atoms with E-state index in [2.05, 4.69) is 15.5 Å². The fraction of sp³-hybridized carbons (Fsp3) is 0.318. The number of anilines is 1. The molecule has 0 saturated carbocycles. The van der Waals surface area contributed by atoms with Gasteiger partial charge in [-0.25, -0.2) is 8.42 Å². The quantitative estimate of drug-likeness (QED) is 0.518. The van der Waals surface area contributed by atoms with Crippen molar-refractivity contribution in [1.82, 2.24) is 14.5 Å². The van der Waals surface area contributed by atoms with Gasteiger partial charge in [-0.15, -0.1) is 10.2 Å². The van der Waals surface area contributed by atoms with Gasteiger partial charge in [0.2, 0.25) is 21.8 Å². The Kier molecular flexibility index (Phi) is 6.92. The summed E-state index contributed by atoms with van der Waals surface area (Å²) >= 11 is 1.16. The van der Waals surface area contributed by atoms with E-state index >= 15 is 0 Å². The summed E-state index contributed by atoms with van der Waals surface area (Å²) in [5.74, 6) is 0.146. The van der Waals surface area contributed by atoms with Gasteiger partial charge in [-0.1, -0.05) is 36.4 Å². The van der Waals surface area contributed by atoms with Crippen LogP contribution < -0.4 is 5.32 Å². The van der Waals surface area contributed by atoms with Crippen LogP contribution in [0.15, 0.2) is 69.1 Å². The molecule has 32 heavy (non-hydrogen) atoms. The van der Waals surface area contributed by atoms with E-state index in [1.165, 1.54) is 16.4 Å². The molecule has 3 aromatic rings. The second-order valence-electron chi connectivity index (χ2n) is 7.48. The second-order valence-corrected chi connectivity index (χ2v) is 10.7. The molecular weight excluding hydrogens is 448 g/mol. The van der Waals surface area contributed by atoms with E-state index in [0.717, 1.165) is 36.6 Å². The summed E-state index contributed by atoms with van der Waals surface area (Å²) in [5, 5.41) is 10.6. The van der Waals surface area contributed by atoms with Crippen molar-refractivity contribution in [3.63, 3.8) is 0 Å². The Balaban J connectivity index is 1.36. The lowest BCUT2D eigenvalue weighted by Crippen LogP contribution is -2.35. The van der Waals surface area contributed by atoms with Crippen molar-refractivity contribution in [3.05, 3.63) is 54.6 Å². The Bertz CT molecular complexity index is 1160. The van der Waals surface area contributed by atoms with Crippen molar-refractivity contribution in [2.24, 2.45) is 0 Å². The summed E-state index contributed by atoms with van der Waals surface area (Å²) in [5.41, 5.74) is 1.33. The van der Waals surface area contributed by atoms with E-state index in [-0.39, 0.29) is 10.8 Å². The van der Waals surface area contributed by atoms with Gasteiger partial charge in [-0.3, -0.25) is 4.79 Å². The Morgan fingerprint density at radius 2 is 1.72 bits per heavy atom. The zero-order valence-electron chi connectivity index (χ0n) is 17.6. The van der Waals surface area contributed by atoms with Gasteiger partial charge in [-0.05, 0) is 56.2 Å². The van der Waals surface area contributed by atoms with Crippen LogP contribution in [0.25, 0.3) is 11.5 Å². The Morgan fingerprint density at radius 1 is 1.03 bits per heavy atom. The zero-order chi connectivity index (χ0) is 22.6. The Morgan fingerprint density at radius 3 is 2.41 bits per heavy atom. The summed E-state index contributed by atoms with van der Waals surface area (Å²) in [6, 6.07) is 15.7. The average molecular weight is 473 g/mol. The van der Waals surface area contributed by atoms with Crippen LogP contribution in [-0.2, 0) is 14.8 Å². The number of carbonyl (C=O) groups excluding carboxylic acids is 1. The maximum absolute atomic E-state index is 12.7. The first-order valence-electron chi connectivity index (χ1n) is 10.4. The minimum Gasteiger partial charge on any atom is -0.411 e. The summed E-state index contributed by atoms with van der Waals surface area (Å²) in [6.45, 7) is 2.84. The molecule has 4 rings (SSSR count). The minimum atomic E-state index is -3.50. The van der Waals surface area contributed by atoms with Crippen molar-refractivity contribution in [3.8, 4) is 11.5 Å². The molecule has 1 aliphatic heterocycles. The number of thioether (sulfide) groups is 1. The summed E-state index contributed by atoms with van der Waals surface area (Å²) in [6.07, 6.45) is 2.83. The number of hydrogen-bond acceptors (Lipinski definition) is 7. The fourth-order valence-corrected chi connectivity index (χ4v) is 5.57. The van der Waals surface area contributed by atoms with Gasteiger partial charge >= 0.3 is 0 Å². The molecule has 1 unspecified atom stereocenters. The van der Waals surface area contributed by atoms with Crippen molar-refractivity contribution in [2.75, 3.05) is 18.4 Å². The van der Waals surface area contributed by atoms with Gasteiger partial charge in [0.25, 0.3) is 5.22 Å². The first-order chi connectivity index (χ1) is 15.4. The van der Waals surface area contributed by atoms with Crippen molar-refractivity contribution < 1.29 is 17.6 Å². The third kappa shape index (κ3) is 5.20. The molecule has 0 aliphatic carbocycles. The molecule has 168 valence electrons. The lowest BCUT2D eigenvalue weighted by atomic mass is 10.2. The first-order valence-corrected chi connectivity index (χ1v) is 12.7. The van der Waals surface area contributed by atoms with Crippen LogP contribution in [0.1, 0.15) is 26.2 Å². The minimum absolute atomic E-state index is 0.235. The zero-order valence-corrected chi connectivity index (χ0v) is 19.2. The predicted molar refractivity (Wildman–Crippen MR) is 123 cm³/mol. The molecular formula is C22H24N4O4S2. The lowest BCUT2D eigenvalue weighted by Gasteiger charge is -2.25. The molecule has 1 N–H and O–H groups in total. The molecule has 8 nitrogen and oxygen atoms in total. The smallest absolute Gasteiger partial charge is 0.277 e. The standard InChI is InChI=1S/C22H24N4O4S2/c1-16(31-22-25-24-21(30-22)17-8-4-2-5-9-17)20(27)23-18-10-12-19(13-11-18)32(28,29)26-14-6-3-7-15-26/h2,4-5,8-13,16H,3,6-7,14-15H2,1H3,(H,23,27). The Labute approximate surface area is 191 Å². The fourth-order valence-electron chi connectivity index (χ4n) is 3.37. The van der Waals surface area contributed by atoms with E-state index in [9.17, 15) is 13.2 Å². The maximum Gasteiger partial charge on any atom is 0.277 e. The molecule has 1 saturated heterocycles.